The third-order valence-corrected chi connectivity index (χ3v) is 4.32. The molecule has 0 amide bonds. The third-order valence-electron chi connectivity index (χ3n) is 2.81. The molecule has 2 nitrogen and oxygen atoms in total. The van der Waals surface area contributed by atoms with Gasteiger partial charge in [-0.1, -0.05) is 36.9 Å². The number of pyridine rings is 1. The molecule has 0 saturated heterocycles. The van der Waals surface area contributed by atoms with Crippen LogP contribution in [0.3, 0.4) is 0 Å². The molecular formula is C15H17BrN2S. The van der Waals surface area contributed by atoms with E-state index in [1.165, 1.54) is 10.5 Å². The Morgan fingerprint density at radius 3 is 2.74 bits per heavy atom. The molecule has 19 heavy (non-hydrogen) atoms. The lowest BCUT2D eigenvalue weighted by atomic mass is 10.1. The van der Waals surface area contributed by atoms with Crippen LogP contribution in [0.1, 0.15) is 25.5 Å². The van der Waals surface area contributed by atoms with Gasteiger partial charge in [0.25, 0.3) is 0 Å². The second-order valence-electron chi connectivity index (χ2n) is 4.23. The van der Waals surface area contributed by atoms with E-state index in [0.717, 1.165) is 16.0 Å². The van der Waals surface area contributed by atoms with E-state index < -0.39 is 0 Å². The predicted octanol–water partition coefficient (Wildman–Crippen LogP) is 4.67. The molecular weight excluding hydrogens is 320 g/mol. The highest BCUT2D eigenvalue weighted by molar-refractivity contribution is 9.10. The largest absolute Gasteiger partial charge is 0.310 e. The lowest BCUT2D eigenvalue weighted by molar-refractivity contribution is 0.590. The van der Waals surface area contributed by atoms with Crippen molar-refractivity contribution in [2.24, 2.45) is 0 Å². The van der Waals surface area contributed by atoms with E-state index in [1.807, 2.05) is 18.3 Å². The summed E-state index contributed by atoms with van der Waals surface area (Å²) in [6.45, 7) is 5.29. The highest BCUT2D eigenvalue weighted by atomic mass is 79.9. The fourth-order valence-corrected chi connectivity index (χ4v) is 3.09. The minimum Gasteiger partial charge on any atom is -0.310 e. The Bertz CT molecular complexity index is 528. The predicted molar refractivity (Wildman–Crippen MR) is 84.6 cm³/mol. The topological polar surface area (TPSA) is 24.9 Å². The van der Waals surface area contributed by atoms with Crippen LogP contribution in [0.2, 0.25) is 0 Å². The molecule has 0 bridgehead atoms. The molecule has 0 spiro atoms. The van der Waals surface area contributed by atoms with Gasteiger partial charge in [0.05, 0.1) is 0 Å². The number of rotatable bonds is 5. The Balaban J connectivity index is 2.22. The van der Waals surface area contributed by atoms with Gasteiger partial charge in [-0.05, 0) is 53.2 Å². The summed E-state index contributed by atoms with van der Waals surface area (Å²) in [5.74, 6) is 0. The van der Waals surface area contributed by atoms with Crippen LogP contribution in [-0.2, 0) is 0 Å². The van der Waals surface area contributed by atoms with E-state index in [9.17, 15) is 0 Å². The van der Waals surface area contributed by atoms with E-state index in [2.05, 4.69) is 64.3 Å². The van der Waals surface area contributed by atoms with Crippen molar-refractivity contribution in [2.45, 2.75) is 29.8 Å². The first-order chi connectivity index (χ1) is 9.20. The molecule has 0 fully saturated rings. The quantitative estimate of drug-likeness (QED) is 0.858. The van der Waals surface area contributed by atoms with Crippen LogP contribution in [0.15, 0.2) is 57.0 Å². The van der Waals surface area contributed by atoms with Crippen molar-refractivity contribution in [1.82, 2.24) is 10.3 Å². The maximum atomic E-state index is 4.42. The fraction of sp³-hybridized carbons (Fsp3) is 0.267. The van der Waals surface area contributed by atoms with E-state index >= 15 is 0 Å². The monoisotopic (exact) mass is 336 g/mol. The molecule has 1 atom stereocenters. The van der Waals surface area contributed by atoms with Crippen molar-refractivity contribution in [3.8, 4) is 0 Å². The van der Waals surface area contributed by atoms with Crippen molar-refractivity contribution in [2.75, 3.05) is 6.54 Å². The zero-order chi connectivity index (χ0) is 13.7. The van der Waals surface area contributed by atoms with Gasteiger partial charge in [-0.3, -0.25) is 0 Å². The first-order valence-electron chi connectivity index (χ1n) is 6.32. The highest BCUT2D eigenvalue weighted by Crippen LogP contribution is 2.32. The van der Waals surface area contributed by atoms with Crippen LogP contribution in [0.25, 0.3) is 0 Å². The van der Waals surface area contributed by atoms with Crippen LogP contribution >= 0.6 is 27.7 Å². The van der Waals surface area contributed by atoms with Crippen LogP contribution in [0, 0.1) is 0 Å². The Kier molecular flexibility index (Phi) is 5.43. The van der Waals surface area contributed by atoms with Gasteiger partial charge >= 0.3 is 0 Å². The van der Waals surface area contributed by atoms with Crippen LogP contribution in [0.4, 0.5) is 0 Å². The lowest BCUT2D eigenvalue weighted by Gasteiger charge is -2.16. The SMILES string of the molecule is CCNC(C)c1ccccc1Sc1ccc(Br)cn1. The normalized spacial score (nSPS) is 12.4. The molecule has 0 aliphatic heterocycles. The summed E-state index contributed by atoms with van der Waals surface area (Å²) in [4.78, 5) is 5.67. The minimum absolute atomic E-state index is 0.351. The first kappa shape index (κ1) is 14.6. The molecule has 4 heteroatoms. The maximum absolute atomic E-state index is 4.42. The molecule has 1 aromatic carbocycles. The summed E-state index contributed by atoms with van der Waals surface area (Å²) in [6, 6.07) is 12.9. The second kappa shape index (κ2) is 7.08. The second-order valence-corrected chi connectivity index (χ2v) is 6.21. The van der Waals surface area contributed by atoms with Crippen molar-refractivity contribution in [1.29, 1.82) is 0 Å². The molecule has 1 heterocycles. The van der Waals surface area contributed by atoms with Crippen molar-refractivity contribution < 1.29 is 0 Å². The van der Waals surface area contributed by atoms with Gasteiger partial charge in [0.15, 0.2) is 0 Å². The Hall–Kier alpha value is -0.840. The molecule has 0 saturated carbocycles. The van der Waals surface area contributed by atoms with Crippen LogP contribution < -0.4 is 5.32 Å². The summed E-state index contributed by atoms with van der Waals surface area (Å²) in [6.07, 6.45) is 1.83. The molecule has 2 aromatic rings. The fourth-order valence-electron chi connectivity index (χ4n) is 1.88. The number of hydrogen-bond acceptors (Lipinski definition) is 3. The number of halogens is 1. The maximum Gasteiger partial charge on any atom is 0.101 e. The Labute approximate surface area is 127 Å². The first-order valence-corrected chi connectivity index (χ1v) is 7.93. The van der Waals surface area contributed by atoms with Crippen molar-refractivity contribution >= 4 is 27.7 Å². The average Bonchev–Trinajstić information content (AvgIpc) is 2.42. The number of hydrogen-bond donors (Lipinski definition) is 1. The molecule has 1 unspecified atom stereocenters. The number of aromatic nitrogens is 1. The number of nitrogens with zero attached hydrogens (tertiary/aromatic N) is 1. The van der Waals surface area contributed by atoms with Gasteiger partial charge < -0.3 is 5.32 Å². The Morgan fingerprint density at radius 1 is 1.26 bits per heavy atom. The molecule has 2 rings (SSSR count). The van der Waals surface area contributed by atoms with E-state index in [4.69, 9.17) is 0 Å². The minimum atomic E-state index is 0.351. The van der Waals surface area contributed by atoms with Gasteiger partial charge in [0.1, 0.15) is 5.03 Å². The van der Waals surface area contributed by atoms with Crippen LogP contribution in [0.5, 0.6) is 0 Å². The molecule has 1 aromatic heterocycles. The molecule has 0 radical (unpaired) electrons. The molecule has 100 valence electrons. The van der Waals surface area contributed by atoms with E-state index in [1.54, 1.807) is 11.8 Å². The van der Waals surface area contributed by atoms with Gasteiger partial charge in [-0.15, -0.1) is 0 Å². The highest BCUT2D eigenvalue weighted by Gasteiger charge is 2.10. The zero-order valence-corrected chi connectivity index (χ0v) is 13.5. The summed E-state index contributed by atoms with van der Waals surface area (Å²) in [5, 5.41) is 4.47. The number of nitrogens with one attached hydrogen (secondary N) is 1. The standard InChI is InChI=1S/C15H17BrN2S/c1-3-17-11(2)13-6-4-5-7-14(13)19-15-9-8-12(16)10-18-15/h4-11,17H,3H2,1-2H3. The Morgan fingerprint density at radius 2 is 2.05 bits per heavy atom. The smallest absolute Gasteiger partial charge is 0.101 e. The lowest BCUT2D eigenvalue weighted by Crippen LogP contribution is -2.18. The van der Waals surface area contributed by atoms with Gasteiger partial charge in [-0.2, -0.15) is 0 Å². The summed E-state index contributed by atoms with van der Waals surface area (Å²) >= 11 is 5.11. The molecule has 0 aliphatic rings. The van der Waals surface area contributed by atoms with Crippen molar-refractivity contribution in [3.05, 3.63) is 52.6 Å². The zero-order valence-electron chi connectivity index (χ0n) is 11.1. The van der Waals surface area contributed by atoms with Crippen LogP contribution in [-0.4, -0.2) is 11.5 Å². The molecule has 0 aliphatic carbocycles. The summed E-state index contributed by atoms with van der Waals surface area (Å²) < 4.78 is 1.01. The third kappa shape index (κ3) is 4.06. The van der Waals surface area contributed by atoms with E-state index in [0.29, 0.717) is 6.04 Å². The summed E-state index contributed by atoms with van der Waals surface area (Å²) in [5.41, 5.74) is 1.32. The van der Waals surface area contributed by atoms with E-state index in [-0.39, 0.29) is 0 Å². The average molecular weight is 337 g/mol. The molecule has 1 N–H and O–H groups in total. The van der Waals surface area contributed by atoms with Gasteiger partial charge in [0.2, 0.25) is 0 Å². The van der Waals surface area contributed by atoms with Gasteiger partial charge in [-0.25, -0.2) is 4.98 Å². The van der Waals surface area contributed by atoms with Gasteiger partial charge in [0, 0.05) is 21.6 Å². The number of benzene rings is 1. The summed E-state index contributed by atoms with van der Waals surface area (Å²) in [7, 11) is 0. The van der Waals surface area contributed by atoms with Crippen molar-refractivity contribution in [3.63, 3.8) is 0 Å².